The van der Waals surface area contributed by atoms with Crippen molar-refractivity contribution in [2.45, 2.75) is 52.1 Å². The molecule has 1 saturated heterocycles. The number of nitrogens with one attached hydrogen (secondary N) is 1. The first-order valence-electron chi connectivity index (χ1n) is 10.1. The summed E-state index contributed by atoms with van der Waals surface area (Å²) in [5.74, 6) is 2.21. The molecule has 2 aromatic heterocycles. The van der Waals surface area contributed by atoms with Crippen LogP contribution in [0.15, 0.2) is 5.16 Å². The highest BCUT2D eigenvalue weighted by Crippen LogP contribution is 2.20. The van der Waals surface area contributed by atoms with Gasteiger partial charge in [0, 0.05) is 44.0 Å². The first kappa shape index (κ1) is 21.0. The van der Waals surface area contributed by atoms with Gasteiger partial charge in [0.15, 0.2) is 0 Å². The number of carbonyl (C=O) groups is 1. The summed E-state index contributed by atoms with van der Waals surface area (Å²) in [7, 11) is 0. The first-order chi connectivity index (χ1) is 13.4. The lowest BCUT2D eigenvalue weighted by molar-refractivity contribution is -0.121. The second-order valence-corrected chi connectivity index (χ2v) is 8.90. The minimum absolute atomic E-state index is 0.0976. The van der Waals surface area contributed by atoms with Crippen LogP contribution in [0.5, 0.6) is 0 Å². The van der Waals surface area contributed by atoms with Gasteiger partial charge in [-0.15, -0.1) is 5.10 Å². The molecule has 8 heteroatoms. The summed E-state index contributed by atoms with van der Waals surface area (Å²) in [5, 5.41) is 8.27. The van der Waals surface area contributed by atoms with Crippen LogP contribution < -0.4 is 5.32 Å². The molecule has 28 heavy (non-hydrogen) atoms. The molecule has 0 radical (unpaired) electrons. The number of amides is 1. The summed E-state index contributed by atoms with van der Waals surface area (Å²) in [6, 6.07) is 0. The highest BCUT2D eigenvalue weighted by atomic mass is 32.2. The molecule has 1 amide bonds. The predicted octanol–water partition coefficient (Wildman–Crippen LogP) is 2.49. The zero-order valence-corrected chi connectivity index (χ0v) is 18.5. The molecular formula is C20H32N6OS. The van der Waals surface area contributed by atoms with Crippen molar-refractivity contribution < 1.29 is 4.79 Å². The number of piperidine rings is 1. The Morgan fingerprint density at radius 2 is 1.93 bits per heavy atom. The molecule has 0 saturated carbocycles. The number of thioether (sulfide) groups is 1. The van der Waals surface area contributed by atoms with Gasteiger partial charge in [-0.25, -0.2) is 9.50 Å². The van der Waals surface area contributed by atoms with Gasteiger partial charge in [0.2, 0.25) is 11.1 Å². The van der Waals surface area contributed by atoms with E-state index in [0.29, 0.717) is 30.3 Å². The number of aryl methyl sites for hydroxylation is 2. The van der Waals surface area contributed by atoms with Crippen molar-refractivity contribution in [1.29, 1.82) is 0 Å². The molecule has 3 rings (SSSR count). The van der Waals surface area contributed by atoms with E-state index in [1.807, 2.05) is 20.1 Å². The molecule has 0 bridgehead atoms. The fraction of sp³-hybridized carbons (Fsp3) is 0.700. The zero-order valence-electron chi connectivity index (χ0n) is 17.7. The van der Waals surface area contributed by atoms with E-state index in [-0.39, 0.29) is 5.91 Å². The van der Waals surface area contributed by atoms with Gasteiger partial charge in [-0.2, -0.15) is 4.98 Å². The summed E-state index contributed by atoms with van der Waals surface area (Å²) in [6.07, 6.45) is 4.39. The molecular weight excluding hydrogens is 372 g/mol. The highest BCUT2D eigenvalue weighted by molar-refractivity contribution is 7.98. The van der Waals surface area contributed by atoms with E-state index in [4.69, 9.17) is 0 Å². The fourth-order valence-corrected chi connectivity index (χ4v) is 4.63. The SMILES string of the molecule is CSc1nc2nc(C)c(CCC(=O)NCCN3CC(C)CC(C)C3)c(C)n2n1. The van der Waals surface area contributed by atoms with Crippen molar-refractivity contribution in [3.63, 3.8) is 0 Å². The third-order valence-corrected chi connectivity index (χ3v) is 6.05. The Morgan fingerprint density at radius 3 is 2.61 bits per heavy atom. The van der Waals surface area contributed by atoms with Gasteiger partial charge < -0.3 is 10.2 Å². The van der Waals surface area contributed by atoms with Crippen molar-refractivity contribution in [3.05, 3.63) is 17.0 Å². The van der Waals surface area contributed by atoms with E-state index < -0.39 is 0 Å². The van der Waals surface area contributed by atoms with Crippen molar-refractivity contribution in [2.24, 2.45) is 11.8 Å². The average molecular weight is 405 g/mol. The number of fused-ring (bicyclic) bond motifs is 1. The number of aromatic nitrogens is 4. The van der Waals surface area contributed by atoms with Gasteiger partial charge in [-0.3, -0.25) is 4.79 Å². The van der Waals surface area contributed by atoms with Crippen LogP contribution in [-0.2, 0) is 11.2 Å². The Hall–Kier alpha value is -1.67. The van der Waals surface area contributed by atoms with Crippen LogP contribution in [0.25, 0.3) is 5.78 Å². The normalized spacial score (nSPS) is 20.6. The molecule has 1 N–H and O–H groups in total. The summed E-state index contributed by atoms with van der Waals surface area (Å²) in [5.41, 5.74) is 3.02. The maximum absolute atomic E-state index is 12.3. The maximum Gasteiger partial charge on any atom is 0.253 e. The van der Waals surface area contributed by atoms with Crippen LogP contribution in [0.1, 0.15) is 43.6 Å². The highest BCUT2D eigenvalue weighted by Gasteiger charge is 2.21. The lowest BCUT2D eigenvalue weighted by Gasteiger charge is -2.34. The van der Waals surface area contributed by atoms with E-state index in [2.05, 4.69) is 39.1 Å². The lowest BCUT2D eigenvalue weighted by Crippen LogP contribution is -2.42. The lowest BCUT2D eigenvalue weighted by atomic mass is 9.92. The molecule has 1 aliphatic rings. The van der Waals surface area contributed by atoms with Crippen molar-refractivity contribution >= 4 is 23.4 Å². The summed E-state index contributed by atoms with van der Waals surface area (Å²) < 4.78 is 1.78. The molecule has 154 valence electrons. The van der Waals surface area contributed by atoms with Gasteiger partial charge in [0.1, 0.15) is 0 Å². The Kier molecular flexibility index (Phi) is 6.93. The van der Waals surface area contributed by atoms with Crippen LogP contribution in [0.3, 0.4) is 0 Å². The fourth-order valence-electron chi connectivity index (χ4n) is 4.29. The second-order valence-electron chi connectivity index (χ2n) is 8.13. The van der Waals surface area contributed by atoms with Gasteiger partial charge in [0.25, 0.3) is 5.78 Å². The molecule has 2 atom stereocenters. The number of likely N-dealkylation sites (tertiary alicyclic amines) is 1. The van der Waals surface area contributed by atoms with Crippen molar-refractivity contribution in [2.75, 3.05) is 32.4 Å². The number of rotatable bonds is 7. The van der Waals surface area contributed by atoms with Crippen LogP contribution in [-0.4, -0.2) is 62.8 Å². The molecule has 7 nitrogen and oxygen atoms in total. The largest absolute Gasteiger partial charge is 0.355 e. The quantitative estimate of drug-likeness (QED) is 0.715. The van der Waals surface area contributed by atoms with Crippen molar-refractivity contribution in [1.82, 2.24) is 29.8 Å². The zero-order chi connectivity index (χ0) is 20.3. The standard InChI is InChI=1S/C20H32N6OS/c1-13-10-14(2)12-25(11-13)9-8-21-18(27)7-6-17-15(3)22-19-23-20(28-5)24-26(19)16(17)4/h13-14H,6-12H2,1-5H3,(H,21,27). The Bertz CT molecular complexity index is 826. The third-order valence-electron chi connectivity index (χ3n) is 5.51. The summed E-state index contributed by atoms with van der Waals surface area (Å²) in [4.78, 5) is 23.8. The smallest absolute Gasteiger partial charge is 0.253 e. The van der Waals surface area contributed by atoms with Gasteiger partial charge >= 0.3 is 0 Å². The predicted molar refractivity (Wildman–Crippen MR) is 113 cm³/mol. The minimum atomic E-state index is 0.0976. The summed E-state index contributed by atoms with van der Waals surface area (Å²) >= 11 is 1.50. The molecule has 2 unspecified atom stereocenters. The van der Waals surface area contributed by atoms with E-state index in [9.17, 15) is 4.79 Å². The molecule has 0 spiro atoms. The molecule has 1 fully saturated rings. The van der Waals surface area contributed by atoms with Gasteiger partial charge in [-0.05, 0) is 50.3 Å². The summed E-state index contributed by atoms with van der Waals surface area (Å²) in [6.45, 7) is 12.6. The Balaban J connectivity index is 1.51. The average Bonchev–Trinajstić information content (AvgIpc) is 3.04. The van der Waals surface area contributed by atoms with Crippen LogP contribution in [0, 0.1) is 25.7 Å². The monoisotopic (exact) mass is 404 g/mol. The number of carbonyl (C=O) groups excluding carboxylic acids is 1. The number of hydrogen-bond acceptors (Lipinski definition) is 6. The van der Waals surface area contributed by atoms with E-state index in [1.165, 1.54) is 18.2 Å². The second kappa shape index (κ2) is 9.22. The molecule has 3 heterocycles. The Labute approximate surface area is 171 Å². The Morgan fingerprint density at radius 1 is 1.21 bits per heavy atom. The number of nitrogens with zero attached hydrogens (tertiary/aromatic N) is 5. The number of hydrogen-bond donors (Lipinski definition) is 1. The van der Waals surface area contributed by atoms with Gasteiger partial charge in [-0.1, -0.05) is 25.6 Å². The van der Waals surface area contributed by atoms with E-state index >= 15 is 0 Å². The van der Waals surface area contributed by atoms with Crippen LogP contribution in [0.4, 0.5) is 0 Å². The van der Waals surface area contributed by atoms with Crippen LogP contribution in [0.2, 0.25) is 0 Å². The van der Waals surface area contributed by atoms with Crippen molar-refractivity contribution in [3.8, 4) is 0 Å². The molecule has 0 aliphatic carbocycles. The third kappa shape index (κ3) is 5.03. The molecule has 0 aromatic carbocycles. The van der Waals surface area contributed by atoms with Gasteiger partial charge in [0.05, 0.1) is 0 Å². The van der Waals surface area contributed by atoms with E-state index in [1.54, 1.807) is 4.52 Å². The maximum atomic E-state index is 12.3. The molecule has 1 aliphatic heterocycles. The molecule has 2 aromatic rings. The van der Waals surface area contributed by atoms with Crippen LogP contribution >= 0.6 is 11.8 Å². The first-order valence-corrected chi connectivity index (χ1v) is 11.4. The minimum Gasteiger partial charge on any atom is -0.355 e. The van der Waals surface area contributed by atoms with E-state index in [0.717, 1.165) is 48.4 Å². The topological polar surface area (TPSA) is 75.4 Å².